The second kappa shape index (κ2) is 9.22. The van der Waals surface area contributed by atoms with E-state index in [-0.39, 0.29) is 29.7 Å². The smallest absolute Gasteiger partial charge is 0.319 e. The number of hydrogen-bond acceptors (Lipinski definition) is 4. The van der Waals surface area contributed by atoms with Crippen LogP contribution in [0.4, 0.5) is 14.9 Å². The Balaban J connectivity index is 1.42. The van der Waals surface area contributed by atoms with E-state index in [0.29, 0.717) is 37.2 Å². The highest BCUT2D eigenvalue weighted by molar-refractivity contribution is 5.97. The number of hydrogen-bond donors (Lipinski definition) is 3. The largest absolute Gasteiger partial charge is 0.472 e. The van der Waals surface area contributed by atoms with E-state index in [1.807, 2.05) is 0 Å². The number of carbonyl (C=O) groups is 3. The predicted molar refractivity (Wildman–Crippen MR) is 104 cm³/mol. The van der Waals surface area contributed by atoms with Crippen molar-refractivity contribution in [3.05, 3.63) is 54.2 Å². The topological polar surface area (TPSA) is 104 Å². The van der Waals surface area contributed by atoms with Gasteiger partial charge < -0.3 is 25.3 Å². The van der Waals surface area contributed by atoms with Crippen molar-refractivity contribution in [2.24, 2.45) is 0 Å². The van der Waals surface area contributed by atoms with Crippen molar-refractivity contribution in [2.45, 2.75) is 31.8 Å². The molecular weight excluding hydrogens is 379 g/mol. The molecule has 0 bridgehead atoms. The Morgan fingerprint density at radius 3 is 2.45 bits per heavy atom. The Kier molecular flexibility index (Phi) is 6.48. The molecule has 0 unspecified atom stereocenters. The molecule has 3 rings (SSSR count). The van der Waals surface area contributed by atoms with Crippen molar-refractivity contribution in [3.8, 4) is 0 Å². The minimum Gasteiger partial charge on any atom is -0.472 e. The number of piperidine rings is 1. The molecule has 0 aliphatic carbocycles. The molecule has 2 heterocycles. The molecule has 154 valence electrons. The quantitative estimate of drug-likeness (QED) is 0.714. The van der Waals surface area contributed by atoms with Gasteiger partial charge in [-0.25, -0.2) is 9.18 Å². The van der Waals surface area contributed by atoms with Crippen molar-refractivity contribution >= 4 is 23.5 Å². The Bertz CT molecular complexity index is 846. The minimum atomic E-state index is -0.663. The van der Waals surface area contributed by atoms with E-state index in [2.05, 4.69) is 16.0 Å². The van der Waals surface area contributed by atoms with E-state index >= 15 is 0 Å². The lowest BCUT2D eigenvalue weighted by atomic mass is 10.0. The molecular formula is C20H23FN4O4. The highest BCUT2D eigenvalue weighted by Gasteiger charge is 2.27. The summed E-state index contributed by atoms with van der Waals surface area (Å²) >= 11 is 0. The Morgan fingerprint density at radius 2 is 1.83 bits per heavy atom. The first-order chi connectivity index (χ1) is 13.9. The van der Waals surface area contributed by atoms with E-state index in [9.17, 15) is 18.8 Å². The van der Waals surface area contributed by atoms with Crippen molar-refractivity contribution in [3.63, 3.8) is 0 Å². The molecule has 4 amide bonds. The van der Waals surface area contributed by atoms with Gasteiger partial charge in [0.1, 0.15) is 18.1 Å². The summed E-state index contributed by atoms with van der Waals surface area (Å²) in [5.41, 5.74) is 0.860. The van der Waals surface area contributed by atoms with Crippen LogP contribution < -0.4 is 16.0 Å². The van der Waals surface area contributed by atoms with Crippen molar-refractivity contribution in [1.82, 2.24) is 15.5 Å². The lowest BCUT2D eigenvalue weighted by molar-refractivity contribution is -0.133. The van der Waals surface area contributed by atoms with Gasteiger partial charge in [0.15, 0.2) is 0 Å². The fraction of sp³-hybridized carbons (Fsp3) is 0.350. The van der Waals surface area contributed by atoms with E-state index in [1.165, 1.54) is 42.9 Å². The van der Waals surface area contributed by atoms with Gasteiger partial charge >= 0.3 is 6.03 Å². The van der Waals surface area contributed by atoms with Gasteiger partial charge in [-0.05, 0) is 50.1 Å². The lowest BCUT2D eigenvalue weighted by Gasteiger charge is -2.34. The number of benzene rings is 1. The molecule has 1 aliphatic rings. The molecule has 0 saturated carbocycles. The first-order valence-corrected chi connectivity index (χ1v) is 9.37. The molecule has 2 aromatic rings. The number of amides is 4. The van der Waals surface area contributed by atoms with Crippen LogP contribution in [-0.4, -0.2) is 47.9 Å². The van der Waals surface area contributed by atoms with Crippen LogP contribution in [0.1, 0.15) is 30.1 Å². The second-order valence-electron chi connectivity index (χ2n) is 6.91. The second-order valence-corrected chi connectivity index (χ2v) is 6.91. The van der Waals surface area contributed by atoms with Crippen LogP contribution in [0.2, 0.25) is 0 Å². The number of anilines is 1. The molecule has 29 heavy (non-hydrogen) atoms. The Labute approximate surface area is 167 Å². The van der Waals surface area contributed by atoms with Crippen LogP contribution in [0.25, 0.3) is 0 Å². The average Bonchev–Trinajstić information content (AvgIpc) is 3.25. The third-order valence-corrected chi connectivity index (χ3v) is 4.75. The van der Waals surface area contributed by atoms with E-state index in [0.717, 1.165) is 0 Å². The lowest BCUT2D eigenvalue weighted by Crippen LogP contribution is -2.52. The monoisotopic (exact) mass is 402 g/mol. The predicted octanol–water partition coefficient (Wildman–Crippen LogP) is 2.35. The summed E-state index contributed by atoms with van der Waals surface area (Å²) in [4.78, 5) is 38.3. The Morgan fingerprint density at radius 1 is 1.14 bits per heavy atom. The molecule has 8 nitrogen and oxygen atoms in total. The summed E-state index contributed by atoms with van der Waals surface area (Å²) in [5.74, 6) is -0.909. The minimum absolute atomic E-state index is 0.0738. The number of nitrogens with one attached hydrogen (secondary N) is 3. The number of likely N-dealkylation sites (tertiary alicyclic amines) is 1. The summed E-state index contributed by atoms with van der Waals surface area (Å²) in [5, 5.41) is 8.17. The van der Waals surface area contributed by atoms with Crippen LogP contribution in [0.15, 0.2) is 47.3 Å². The Hall–Kier alpha value is -3.36. The van der Waals surface area contributed by atoms with Gasteiger partial charge in [0.05, 0.1) is 11.8 Å². The fourth-order valence-corrected chi connectivity index (χ4v) is 3.14. The van der Waals surface area contributed by atoms with Crippen LogP contribution in [-0.2, 0) is 4.79 Å². The summed E-state index contributed by atoms with van der Waals surface area (Å²) in [6.45, 7) is 2.60. The number of rotatable bonds is 5. The van der Waals surface area contributed by atoms with Crippen LogP contribution >= 0.6 is 0 Å². The van der Waals surface area contributed by atoms with Crippen molar-refractivity contribution in [1.29, 1.82) is 0 Å². The molecule has 0 spiro atoms. The standard InChI is InChI=1S/C20H23FN4O4/c1-13(22-18(26)14-8-11-29-12-14)19(27)25-9-6-17(7-10-25)24-20(28)23-16-4-2-15(21)3-5-16/h2-5,8,11-13,17H,6-7,9-10H2,1H3,(H,22,26)(H2,23,24,28)/t13-/m0/s1. The number of urea groups is 1. The van der Waals surface area contributed by atoms with Crippen LogP contribution in [0.3, 0.4) is 0 Å². The molecule has 1 aromatic heterocycles. The van der Waals surface area contributed by atoms with Gasteiger partial charge in [-0.2, -0.15) is 0 Å². The molecule has 1 atom stereocenters. The third kappa shape index (κ3) is 5.56. The number of carbonyl (C=O) groups excluding carboxylic acids is 3. The highest BCUT2D eigenvalue weighted by atomic mass is 19.1. The first-order valence-electron chi connectivity index (χ1n) is 9.37. The molecule has 9 heteroatoms. The zero-order chi connectivity index (χ0) is 20.8. The molecule has 1 aromatic carbocycles. The maximum absolute atomic E-state index is 12.9. The summed E-state index contributed by atoms with van der Waals surface area (Å²) < 4.78 is 17.8. The average molecular weight is 402 g/mol. The van der Waals surface area contributed by atoms with Crippen LogP contribution in [0.5, 0.6) is 0 Å². The van der Waals surface area contributed by atoms with E-state index in [1.54, 1.807) is 11.8 Å². The summed E-state index contributed by atoms with van der Waals surface area (Å²) in [6, 6.07) is 5.92. The van der Waals surface area contributed by atoms with Gasteiger partial charge in [-0.3, -0.25) is 9.59 Å². The summed E-state index contributed by atoms with van der Waals surface area (Å²) in [6.07, 6.45) is 3.92. The maximum Gasteiger partial charge on any atom is 0.319 e. The zero-order valence-corrected chi connectivity index (χ0v) is 16.0. The highest BCUT2D eigenvalue weighted by Crippen LogP contribution is 2.13. The van der Waals surface area contributed by atoms with Crippen LogP contribution in [0, 0.1) is 5.82 Å². The molecule has 1 fully saturated rings. The zero-order valence-electron chi connectivity index (χ0n) is 16.0. The van der Waals surface area contributed by atoms with Gasteiger partial charge in [0.2, 0.25) is 5.91 Å². The van der Waals surface area contributed by atoms with Crippen molar-refractivity contribution in [2.75, 3.05) is 18.4 Å². The molecule has 1 saturated heterocycles. The number of halogens is 1. The van der Waals surface area contributed by atoms with Gasteiger partial charge in [-0.1, -0.05) is 0 Å². The fourth-order valence-electron chi connectivity index (χ4n) is 3.14. The van der Waals surface area contributed by atoms with Crippen molar-refractivity contribution < 1.29 is 23.2 Å². The summed E-state index contributed by atoms with van der Waals surface area (Å²) in [7, 11) is 0. The SMILES string of the molecule is C[C@H](NC(=O)c1ccoc1)C(=O)N1CCC(NC(=O)Nc2ccc(F)cc2)CC1. The maximum atomic E-state index is 12.9. The molecule has 1 aliphatic heterocycles. The third-order valence-electron chi connectivity index (χ3n) is 4.75. The normalized spacial score (nSPS) is 15.4. The number of furan rings is 1. The van der Waals surface area contributed by atoms with Gasteiger partial charge in [0.25, 0.3) is 5.91 Å². The van der Waals surface area contributed by atoms with Gasteiger partial charge in [-0.15, -0.1) is 0 Å². The van der Waals surface area contributed by atoms with Gasteiger partial charge in [0, 0.05) is 24.8 Å². The number of nitrogens with zero attached hydrogens (tertiary/aromatic N) is 1. The first kappa shape index (κ1) is 20.4. The molecule has 0 radical (unpaired) electrons. The molecule has 3 N–H and O–H groups in total. The van der Waals surface area contributed by atoms with E-state index in [4.69, 9.17) is 4.42 Å². The van der Waals surface area contributed by atoms with E-state index < -0.39 is 6.04 Å².